The van der Waals surface area contributed by atoms with Crippen LogP contribution in [0, 0.1) is 5.92 Å². The van der Waals surface area contributed by atoms with Crippen molar-refractivity contribution in [2.75, 3.05) is 26.3 Å². The molecule has 18 heavy (non-hydrogen) atoms. The number of esters is 1. The zero-order valence-electron chi connectivity index (χ0n) is 10.6. The summed E-state index contributed by atoms with van der Waals surface area (Å²) >= 11 is 0. The predicted molar refractivity (Wildman–Crippen MR) is 68.6 cm³/mol. The van der Waals surface area contributed by atoms with Crippen LogP contribution in [0.4, 0.5) is 0 Å². The van der Waals surface area contributed by atoms with Crippen LogP contribution in [0.25, 0.3) is 0 Å². The number of carbonyl (C=O) groups excluding carboxylic acids is 1. The van der Waals surface area contributed by atoms with Gasteiger partial charge in [0.25, 0.3) is 0 Å². The Labute approximate surface area is 107 Å². The summed E-state index contributed by atoms with van der Waals surface area (Å²) in [5.74, 6) is 1.30. The summed E-state index contributed by atoms with van der Waals surface area (Å²) in [5.41, 5.74) is 0.950. The Kier molecular flexibility index (Phi) is 4.59. The largest absolute Gasteiger partial charge is 0.493 e. The monoisotopic (exact) mass is 249 g/mol. The molecule has 4 nitrogen and oxygen atoms in total. The molecule has 1 fully saturated rings. The standard InChI is InChI=1S/C14H19NO3/c1-2-17-14(16)7-11-3-5-13(6-4-11)18-10-12-8-15-9-12/h3-6,12,15H,2,7-10H2,1H3. The lowest BCUT2D eigenvalue weighted by molar-refractivity contribution is -0.142. The fraction of sp³-hybridized carbons (Fsp3) is 0.500. The Bertz CT molecular complexity index is 385. The number of hydrogen-bond acceptors (Lipinski definition) is 4. The van der Waals surface area contributed by atoms with Crippen LogP contribution in [-0.4, -0.2) is 32.3 Å². The quantitative estimate of drug-likeness (QED) is 0.774. The highest BCUT2D eigenvalue weighted by Crippen LogP contribution is 2.15. The van der Waals surface area contributed by atoms with Crippen LogP contribution in [-0.2, 0) is 16.0 Å². The van der Waals surface area contributed by atoms with E-state index < -0.39 is 0 Å². The summed E-state index contributed by atoms with van der Waals surface area (Å²) in [5, 5.41) is 3.21. The molecule has 0 aliphatic carbocycles. The highest BCUT2D eigenvalue weighted by molar-refractivity contribution is 5.72. The molecule has 1 heterocycles. The smallest absolute Gasteiger partial charge is 0.310 e. The molecule has 1 aliphatic heterocycles. The van der Waals surface area contributed by atoms with E-state index in [2.05, 4.69) is 5.32 Å². The van der Waals surface area contributed by atoms with Crippen LogP contribution >= 0.6 is 0 Å². The molecule has 0 saturated carbocycles. The van der Waals surface area contributed by atoms with Crippen LogP contribution in [0.5, 0.6) is 5.75 Å². The third-order valence-electron chi connectivity index (χ3n) is 2.93. The molecule has 1 saturated heterocycles. The van der Waals surface area contributed by atoms with Gasteiger partial charge in [-0.25, -0.2) is 0 Å². The Morgan fingerprint density at radius 2 is 2.06 bits per heavy atom. The third kappa shape index (κ3) is 3.74. The summed E-state index contributed by atoms with van der Waals surface area (Å²) in [7, 11) is 0. The van der Waals surface area contributed by atoms with Crippen LogP contribution in [0.1, 0.15) is 12.5 Å². The molecular weight excluding hydrogens is 230 g/mol. The average Bonchev–Trinajstić information content (AvgIpc) is 2.29. The van der Waals surface area contributed by atoms with Crippen LogP contribution in [0.2, 0.25) is 0 Å². The van der Waals surface area contributed by atoms with Gasteiger partial charge in [-0.15, -0.1) is 0 Å². The lowest BCUT2D eigenvalue weighted by atomic mass is 10.1. The Balaban J connectivity index is 1.78. The fourth-order valence-corrected chi connectivity index (χ4v) is 1.76. The molecule has 0 atom stereocenters. The van der Waals surface area contributed by atoms with Gasteiger partial charge >= 0.3 is 5.97 Å². The Morgan fingerprint density at radius 3 is 2.61 bits per heavy atom. The second kappa shape index (κ2) is 6.40. The van der Waals surface area contributed by atoms with E-state index in [0.717, 1.165) is 31.0 Å². The van der Waals surface area contributed by atoms with Crippen molar-refractivity contribution >= 4 is 5.97 Å². The summed E-state index contributed by atoms with van der Waals surface area (Å²) in [6.07, 6.45) is 0.320. The number of rotatable bonds is 6. The number of benzene rings is 1. The van der Waals surface area contributed by atoms with Gasteiger partial charge in [-0.3, -0.25) is 4.79 Å². The predicted octanol–water partition coefficient (Wildman–Crippen LogP) is 1.39. The molecule has 1 N–H and O–H groups in total. The van der Waals surface area contributed by atoms with Crippen molar-refractivity contribution in [3.05, 3.63) is 29.8 Å². The molecule has 1 aliphatic rings. The summed E-state index contributed by atoms with van der Waals surface area (Å²) in [6.45, 7) is 5.08. The Morgan fingerprint density at radius 1 is 1.33 bits per heavy atom. The van der Waals surface area contributed by atoms with Gasteiger partial charge in [-0.05, 0) is 24.6 Å². The van der Waals surface area contributed by atoms with Gasteiger partial charge in [-0.1, -0.05) is 12.1 Å². The molecule has 4 heteroatoms. The molecule has 98 valence electrons. The lowest BCUT2D eigenvalue weighted by Crippen LogP contribution is -2.45. The van der Waals surface area contributed by atoms with E-state index in [1.165, 1.54) is 0 Å². The summed E-state index contributed by atoms with van der Waals surface area (Å²) in [6, 6.07) is 7.62. The molecule has 1 aromatic carbocycles. The maximum absolute atomic E-state index is 11.3. The second-order valence-corrected chi connectivity index (χ2v) is 4.46. The minimum Gasteiger partial charge on any atom is -0.493 e. The molecule has 0 unspecified atom stereocenters. The third-order valence-corrected chi connectivity index (χ3v) is 2.93. The van der Waals surface area contributed by atoms with Gasteiger partial charge in [0.05, 0.1) is 19.6 Å². The zero-order valence-corrected chi connectivity index (χ0v) is 10.6. The van der Waals surface area contributed by atoms with E-state index in [1.54, 1.807) is 0 Å². The van der Waals surface area contributed by atoms with Gasteiger partial charge < -0.3 is 14.8 Å². The van der Waals surface area contributed by atoms with Crippen molar-refractivity contribution in [1.29, 1.82) is 0 Å². The van der Waals surface area contributed by atoms with Gasteiger partial charge in [-0.2, -0.15) is 0 Å². The molecule has 0 radical (unpaired) electrons. The molecule has 0 amide bonds. The van der Waals surface area contributed by atoms with Crippen molar-refractivity contribution in [2.24, 2.45) is 5.92 Å². The van der Waals surface area contributed by atoms with Gasteiger partial charge in [0.1, 0.15) is 5.75 Å². The van der Waals surface area contributed by atoms with Crippen molar-refractivity contribution < 1.29 is 14.3 Å². The highest BCUT2D eigenvalue weighted by Gasteiger charge is 2.16. The minimum atomic E-state index is -0.188. The molecule has 2 rings (SSSR count). The maximum atomic E-state index is 11.3. The van der Waals surface area contributed by atoms with Gasteiger partial charge in [0.15, 0.2) is 0 Å². The van der Waals surface area contributed by atoms with E-state index in [1.807, 2.05) is 31.2 Å². The molecule has 1 aromatic rings. The van der Waals surface area contributed by atoms with Crippen molar-refractivity contribution in [3.63, 3.8) is 0 Å². The van der Waals surface area contributed by atoms with E-state index >= 15 is 0 Å². The first-order chi connectivity index (χ1) is 8.78. The van der Waals surface area contributed by atoms with E-state index in [0.29, 0.717) is 18.9 Å². The summed E-state index contributed by atoms with van der Waals surface area (Å²) in [4.78, 5) is 11.3. The number of nitrogens with one attached hydrogen (secondary N) is 1. The van der Waals surface area contributed by atoms with Crippen LogP contribution in [0.15, 0.2) is 24.3 Å². The normalized spacial score (nSPS) is 14.9. The van der Waals surface area contributed by atoms with Gasteiger partial charge in [0, 0.05) is 19.0 Å². The second-order valence-electron chi connectivity index (χ2n) is 4.46. The van der Waals surface area contributed by atoms with Gasteiger partial charge in [0.2, 0.25) is 0 Å². The highest BCUT2D eigenvalue weighted by atomic mass is 16.5. The first-order valence-corrected chi connectivity index (χ1v) is 6.36. The van der Waals surface area contributed by atoms with E-state index in [9.17, 15) is 4.79 Å². The average molecular weight is 249 g/mol. The van der Waals surface area contributed by atoms with Crippen molar-refractivity contribution in [1.82, 2.24) is 5.32 Å². The first kappa shape index (κ1) is 12.9. The first-order valence-electron chi connectivity index (χ1n) is 6.36. The van der Waals surface area contributed by atoms with Crippen LogP contribution in [0.3, 0.4) is 0 Å². The van der Waals surface area contributed by atoms with E-state index in [-0.39, 0.29) is 5.97 Å². The number of carbonyl (C=O) groups is 1. The molecular formula is C14H19NO3. The van der Waals surface area contributed by atoms with Crippen molar-refractivity contribution in [2.45, 2.75) is 13.3 Å². The Hall–Kier alpha value is -1.55. The number of hydrogen-bond donors (Lipinski definition) is 1. The molecule has 0 aromatic heterocycles. The summed E-state index contributed by atoms with van der Waals surface area (Å²) < 4.78 is 10.6. The lowest BCUT2D eigenvalue weighted by Gasteiger charge is -2.26. The van der Waals surface area contributed by atoms with Crippen LogP contribution < -0.4 is 10.1 Å². The maximum Gasteiger partial charge on any atom is 0.310 e. The number of ether oxygens (including phenoxy) is 2. The van der Waals surface area contributed by atoms with E-state index in [4.69, 9.17) is 9.47 Å². The van der Waals surface area contributed by atoms with Crippen molar-refractivity contribution in [3.8, 4) is 5.75 Å². The SMILES string of the molecule is CCOC(=O)Cc1ccc(OCC2CNC2)cc1. The fourth-order valence-electron chi connectivity index (χ4n) is 1.76. The molecule has 0 spiro atoms. The topological polar surface area (TPSA) is 47.6 Å². The minimum absolute atomic E-state index is 0.188. The zero-order chi connectivity index (χ0) is 12.8. The molecule has 0 bridgehead atoms.